The van der Waals surface area contributed by atoms with Crippen LogP contribution >= 0.6 is 23.2 Å². The molecular weight excluding hydrogens is 591 g/mol. The molecule has 0 atom stereocenters. The lowest BCUT2D eigenvalue weighted by atomic mass is 10.2. The molecule has 214 valence electrons. The van der Waals surface area contributed by atoms with E-state index in [1.165, 1.54) is 13.3 Å². The molecule has 6 aromatic rings. The van der Waals surface area contributed by atoms with Gasteiger partial charge in [-0.1, -0.05) is 41.4 Å². The molecule has 43 heavy (non-hydrogen) atoms. The number of amides is 1. The minimum Gasteiger partial charge on any atom is -0.493 e. The molecule has 0 fully saturated rings. The zero-order valence-corrected chi connectivity index (χ0v) is 24.1. The third kappa shape index (κ3) is 5.94. The van der Waals surface area contributed by atoms with Gasteiger partial charge in [0.15, 0.2) is 23.9 Å². The summed E-state index contributed by atoms with van der Waals surface area (Å²) in [7, 11) is 1.49. The van der Waals surface area contributed by atoms with Gasteiger partial charge in [0.2, 0.25) is 5.82 Å². The summed E-state index contributed by atoms with van der Waals surface area (Å²) < 4.78 is 18.6. The van der Waals surface area contributed by atoms with Crippen LogP contribution in [0.25, 0.3) is 33.5 Å². The molecule has 0 bridgehead atoms. The smallest absolute Gasteiger partial charge is 0.282 e. The highest BCUT2D eigenvalue weighted by Crippen LogP contribution is 2.31. The van der Waals surface area contributed by atoms with E-state index in [1.54, 1.807) is 91.0 Å². The zero-order valence-electron chi connectivity index (χ0n) is 22.6. The third-order valence-corrected chi connectivity index (χ3v) is 6.96. The number of furan rings is 1. The van der Waals surface area contributed by atoms with Gasteiger partial charge in [0.25, 0.3) is 11.5 Å². The Hall–Kier alpha value is -5.12. The van der Waals surface area contributed by atoms with Crippen LogP contribution in [0.3, 0.4) is 0 Å². The van der Waals surface area contributed by atoms with Crippen LogP contribution in [0.4, 0.5) is 5.69 Å². The highest BCUT2D eigenvalue weighted by Gasteiger charge is 2.18. The molecule has 9 nitrogen and oxygen atoms in total. The number of benzene rings is 4. The maximum absolute atomic E-state index is 13.7. The first-order chi connectivity index (χ1) is 20.9. The van der Waals surface area contributed by atoms with E-state index in [-0.39, 0.29) is 18.2 Å². The van der Waals surface area contributed by atoms with Crippen molar-refractivity contribution in [1.29, 1.82) is 0 Å². The van der Waals surface area contributed by atoms with Gasteiger partial charge in [-0.15, -0.1) is 0 Å². The summed E-state index contributed by atoms with van der Waals surface area (Å²) in [4.78, 5) is 31.0. The predicted octanol–water partition coefficient (Wildman–Crippen LogP) is 7.02. The summed E-state index contributed by atoms with van der Waals surface area (Å²) in [5.41, 5.74) is 1.70. The molecule has 0 aliphatic carbocycles. The number of carbonyl (C=O) groups is 1. The second kappa shape index (κ2) is 12.0. The predicted molar refractivity (Wildman–Crippen MR) is 168 cm³/mol. The molecule has 0 aliphatic heterocycles. The Kier molecular flexibility index (Phi) is 7.83. The number of rotatable bonds is 8. The van der Waals surface area contributed by atoms with Gasteiger partial charge in [0, 0.05) is 26.7 Å². The number of nitrogens with zero attached hydrogens (tertiary/aromatic N) is 3. The maximum Gasteiger partial charge on any atom is 0.282 e. The van der Waals surface area contributed by atoms with E-state index in [0.29, 0.717) is 49.3 Å². The first-order valence-corrected chi connectivity index (χ1v) is 13.8. The second-order valence-corrected chi connectivity index (χ2v) is 10.2. The summed E-state index contributed by atoms with van der Waals surface area (Å²) in [5, 5.41) is 9.50. The van der Waals surface area contributed by atoms with Gasteiger partial charge in [-0.2, -0.15) is 9.78 Å². The number of fused-ring (bicyclic) bond motifs is 2. The Morgan fingerprint density at radius 3 is 2.60 bits per heavy atom. The fourth-order valence-corrected chi connectivity index (χ4v) is 4.76. The Bertz CT molecular complexity index is 2070. The first kappa shape index (κ1) is 28.0. The van der Waals surface area contributed by atoms with Crippen molar-refractivity contribution < 1.29 is 18.7 Å². The van der Waals surface area contributed by atoms with Crippen molar-refractivity contribution in [2.75, 3.05) is 19.0 Å². The summed E-state index contributed by atoms with van der Waals surface area (Å²) in [6.07, 6.45) is 1.44. The van der Waals surface area contributed by atoms with E-state index in [1.807, 2.05) is 0 Å². The van der Waals surface area contributed by atoms with Crippen molar-refractivity contribution in [2.24, 2.45) is 5.10 Å². The summed E-state index contributed by atoms with van der Waals surface area (Å²) >= 11 is 12.1. The van der Waals surface area contributed by atoms with Crippen molar-refractivity contribution in [3.05, 3.63) is 117 Å². The first-order valence-electron chi connectivity index (χ1n) is 13.0. The fraction of sp³-hybridized carbons (Fsp3) is 0.0625. The Morgan fingerprint density at radius 2 is 1.79 bits per heavy atom. The molecule has 1 amide bonds. The minimum absolute atomic E-state index is 0.194. The topological polar surface area (TPSA) is 108 Å². The van der Waals surface area contributed by atoms with Crippen molar-refractivity contribution >= 4 is 62.9 Å². The van der Waals surface area contributed by atoms with Crippen molar-refractivity contribution in [1.82, 2.24) is 9.66 Å². The van der Waals surface area contributed by atoms with E-state index in [9.17, 15) is 9.59 Å². The second-order valence-electron chi connectivity index (χ2n) is 9.33. The SMILES string of the molecule is COc1cccc(C=Nn2c(-c3cc4cc(Cl)ccc4o3)nc3ccccc3c2=O)c1OCC(=O)Nc1ccc(Cl)cc1. The third-order valence-electron chi connectivity index (χ3n) is 6.47. The van der Waals surface area contributed by atoms with Crippen molar-refractivity contribution in [2.45, 2.75) is 0 Å². The number of anilines is 1. The molecule has 1 N–H and O–H groups in total. The van der Waals surface area contributed by atoms with Crippen LogP contribution in [0.2, 0.25) is 10.0 Å². The maximum atomic E-state index is 13.7. The lowest BCUT2D eigenvalue weighted by Crippen LogP contribution is -2.21. The molecule has 0 unspecified atom stereocenters. The lowest BCUT2D eigenvalue weighted by molar-refractivity contribution is -0.118. The van der Waals surface area contributed by atoms with Crippen molar-refractivity contribution in [3.63, 3.8) is 0 Å². The average molecular weight is 613 g/mol. The number of ether oxygens (including phenoxy) is 2. The standard InChI is InChI=1S/C32H22Cl2N4O5/c1-41-27-8-4-5-19(30(27)42-18-29(39)36-23-12-9-21(33)10-13-23)17-35-38-31(37-25-7-3-2-6-24(25)32(38)40)28-16-20-15-22(34)11-14-26(20)43-28/h2-17H,18H2,1H3,(H,36,39). The summed E-state index contributed by atoms with van der Waals surface area (Å²) in [6, 6.07) is 25.8. The molecular formula is C32H22Cl2N4O5. The van der Waals surface area contributed by atoms with Gasteiger partial charge in [0.05, 0.1) is 24.2 Å². The highest BCUT2D eigenvalue weighted by molar-refractivity contribution is 6.31. The van der Waals surface area contributed by atoms with Crippen molar-refractivity contribution in [3.8, 4) is 23.1 Å². The van der Waals surface area contributed by atoms with Crippen LogP contribution in [-0.4, -0.2) is 35.5 Å². The number of aromatic nitrogens is 2. The fourth-order valence-electron chi connectivity index (χ4n) is 4.45. The Morgan fingerprint density at radius 1 is 1.00 bits per heavy atom. The number of nitrogens with one attached hydrogen (secondary N) is 1. The molecule has 11 heteroatoms. The number of methoxy groups -OCH3 is 1. The molecule has 0 saturated heterocycles. The van der Waals surface area contributed by atoms with Gasteiger partial charge in [-0.05, 0) is 72.8 Å². The zero-order chi connectivity index (χ0) is 29.9. The van der Waals surface area contributed by atoms with Crippen LogP contribution in [0.15, 0.2) is 105 Å². The minimum atomic E-state index is -0.400. The molecule has 0 saturated carbocycles. The van der Waals surface area contributed by atoms with Gasteiger partial charge >= 0.3 is 0 Å². The number of hydrogen-bond acceptors (Lipinski definition) is 7. The Labute approximate surface area is 254 Å². The van der Waals surface area contributed by atoms with Gasteiger partial charge in [-0.3, -0.25) is 9.59 Å². The van der Waals surface area contributed by atoms with E-state index in [0.717, 1.165) is 10.1 Å². The van der Waals surface area contributed by atoms with Crippen LogP contribution < -0.4 is 20.3 Å². The molecule has 2 aromatic heterocycles. The van der Waals surface area contributed by atoms with E-state index < -0.39 is 11.5 Å². The van der Waals surface area contributed by atoms with Crippen LogP contribution in [0, 0.1) is 0 Å². The number of carbonyl (C=O) groups excluding carboxylic acids is 1. The number of para-hydroxylation sites is 2. The largest absolute Gasteiger partial charge is 0.493 e. The van der Waals surface area contributed by atoms with E-state index in [4.69, 9.17) is 42.1 Å². The van der Waals surface area contributed by atoms with Gasteiger partial charge in [-0.25, -0.2) is 4.98 Å². The molecule has 0 radical (unpaired) electrons. The lowest BCUT2D eigenvalue weighted by Gasteiger charge is -2.13. The normalized spacial score (nSPS) is 11.3. The molecule has 6 rings (SSSR count). The van der Waals surface area contributed by atoms with Crippen LogP contribution in [0.5, 0.6) is 11.5 Å². The van der Waals surface area contributed by atoms with Crippen LogP contribution in [0.1, 0.15) is 5.56 Å². The molecule has 4 aromatic carbocycles. The van der Waals surface area contributed by atoms with Gasteiger partial charge in [0.1, 0.15) is 5.58 Å². The average Bonchev–Trinajstić information content (AvgIpc) is 3.44. The molecule has 2 heterocycles. The van der Waals surface area contributed by atoms with Crippen LogP contribution in [-0.2, 0) is 4.79 Å². The Balaban J connectivity index is 1.37. The highest BCUT2D eigenvalue weighted by atomic mass is 35.5. The number of hydrogen-bond donors (Lipinski definition) is 1. The molecule has 0 aliphatic rings. The quantitative estimate of drug-likeness (QED) is 0.185. The van der Waals surface area contributed by atoms with E-state index >= 15 is 0 Å². The summed E-state index contributed by atoms with van der Waals surface area (Å²) in [5.74, 6) is 0.778. The molecule has 0 spiro atoms. The summed E-state index contributed by atoms with van der Waals surface area (Å²) in [6.45, 7) is -0.311. The van der Waals surface area contributed by atoms with Gasteiger partial charge < -0.3 is 19.2 Å². The number of halogens is 2. The monoisotopic (exact) mass is 612 g/mol. The van der Waals surface area contributed by atoms with E-state index in [2.05, 4.69) is 10.4 Å².